The van der Waals surface area contributed by atoms with Gasteiger partial charge in [0.05, 0.1) is 16.8 Å². The van der Waals surface area contributed by atoms with E-state index in [1.165, 1.54) is 30.0 Å². The summed E-state index contributed by atoms with van der Waals surface area (Å²) in [6.45, 7) is 2.45. The van der Waals surface area contributed by atoms with E-state index in [0.29, 0.717) is 5.69 Å². The van der Waals surface area contributed by atoms with Gasteiger partial charge in [0.2, 0.25) is 0 Å². The molecule has 28 heavy (non-hydrogen) atoms. The fraction of sp³-hybridized carbons (Fsp3) is 0.250. The van der Waals surface area contributed by atoms with Crippen molar-refractivity contribution in [2.75, 3.05) is 17.7 Å². The van der Waals surface area contributed by atoms with Gasteiger partial charge in [-0.05, 0) is 36.8 Å². The standard InChI is InChI=1S/C20H20FN3O3S/c1-2-10-24-17-9-4-3-8-16(17)23-20(24)28-13-19(26)27-12-18(25)22-15-7-5-6-14(21)11-15/h3-9,11H,2,10,12-13H2,1H3,(H,22,25). The Morgan fingerprint density at radius 1 is 1.21 bits per heavy atom. The lowest BCUT2D eigenvalue weighted by Crippen LogP contribution is -2.21. The molecular weight excluding hydrogens is 381 g/mol. The van der Waals surface area contributed by atoms with Gasteiger partial charge in [-0.25, -0.2) is 9.37 Å². The van der Waals surface area contributed by atoms with Gasteiger partial charge < -0.3 is 14.6 Å². The molecule has 3 rings (SSSR count). The van der Waals surface area contributed by atoms with Crippen LogP contribution in [0.3, 0.4) is 0 Å². The number of hydrogen-bond donors (Lipinski definition) is 1. The van der Waals surface area contributed by atoms with Crippen molar-refractivity contribution in [3.63, 3.8) is 0 Å². The van der Waals surface area contributed by atoms with Crippen LogP contribution < -0.4 is 5.32 Å². The maximum Gasteiger partial charge on any atom is 0.316 e. The monoisotopic (exact) mass is 401 g/mol. The SMILES string of the molecule is CCCn1c(SCC(=O)OCC(=O)Nc2cccc(F)c2)nc2ccccc21. The number of thioether (sulfide) groups is 1. The molecule has 1 N–H and O–H groups in total. The van der Waals surface area contributed by atoms with Gasteiger partial charge in [0.1, 0.15) is 5.82 Å². The Bertz CT molecular complexity index is 990. The zero-order valence-corrected chi connectivity index (χ0v) is 16.2. The molecule has 3 aromatic rings. The maximum atomic E-state index is 13.1. The molecule has 0 aliphatic heterocycles. The second kappa shape index (κ2) is 9.36. The lowest BCUT2D eigenvalue weighted by Gasteiger charge is -2.08. The van der Waals surface area contributed by atoms with Crippen molar-refractivity contribution in [2.45, 2.75) is 25.0 Å². The summed E-state index contributed by atoms with van der Waals surface area (Å²) in [5, 5.41) is 3.22. The van der Waals surface area contributed by atoms with Gasteiger partial charge in [-0.15, -0.1) is 0 Å². The molecule has 0 radical (unpaired) electrons. The van der Waals surface area contributed by atoms with E-state index in [0.717, 1.165) is 29.2 Å². The number of nitrogens with one attached hydrogen (secondary N) is 1. The number of rotatable bonds is 8. The van der Waals surface area contributed by atoms with Crippen LogP contribution in [-0.2, 0) is 20.9 Å². The molecule has 8 heteroatoms. The summed E-state index contributed by atoms with van der Waals surface area (Å²) < 4.78 is 20.2. The second-order valence-corrected chi connectivity index (χ2v) is 6.99. The number of ether oxygens (including phenoxy) is 1. The maximum absolute atomic E-state index is 13.1. The number of aromatic nitrogens is 2. The van der Waals surface area contributed by atoms with Crippen LogP contribution in [0.4, 0.5) is 10.1 Å². The van der Waals surface area contributed by atoms with Gasteiger partial charge in [-0.2, -0.15) is 0 Å². The zero-order chi connectivity index (χ0) is 19.9. The average molecular weight is 401 g/mol. The van der Waals surface area contributed by atoms with E-state index in [2.05, 4.69) is 21.8 Å². The van der Waals surface area contributed by atoms with Crippen LogP contribution >= 0.6 is 11.8 Å². The van der Waals surface area contributed by atoms with Crippen molar-refractivity contribution in [2.24, 2.45) is 0 Å². The quantitative estimate of drug-likeness (QED) is 0.458. The molecule has 0 saturated carbocycles. The minimum Gasteiger partial charge on any atom is -0.455 e. The Labute approximate surface area is 166 Å². The number of anilines is 1. The molecule has 0 unspecified atom stereocenters. The molecule has 1 heterocycles. The number of benzene rings is 2. The summed E-state index contributed by atoms with van der Waals surface area (Å²) in [6, 6.07) is 13.3. The number of halogens is 1. The highest BCUT2D eigenvalue weighted by molar-refractivity contribution is 7.99. The number of imidazole rings is 1. The number of hydrogen-bond acceptors (Lipinski definition) is 5. The predicted molar refractivity (Wildman–Crippen MR) is 107 cm³/mol. The Balaban J connectivity index is 1.52. The minimum atomic E-state index is -0.526. The number of fused-ring (bicyclic) bond motifs is 1. The molecule has 0 atom stereocenters. The van der Waals surface area contributed by atoms with Gasteiger partial charge in [-0.1, -0.05) is 36.9 Å². The number of amides is 1. The lowest BCUT2D eigenvalue weighted by molar-refractivity contribution is -0.144. The van der Waals surface area contributed by atoms with Crippen molar-refractivity contribution >= 4 is 40.4 Å². The highest BCUT2D eigenvalue weighted by Crippen LogP contribution is 2.24. The third kappa shape index (κ3) is 5.10. The highest BCUT2D eigenvalue weighted by atomic mass is 32.2. The molecule has 146 valence electrons. The van der Waals surface area contributed by atoms with Gasteiger partial charge in [0, 0.05) is 12.2 Å². The Kier molecular flexibility index (Phi) is 6.65. The zero-order valence-electron chi connectivity index (χ0n) is 15.4. The normalized spacial score (nSPS) is 10.8. The topological polar surface area (TPSA) is 73.2 Å². The fourth-order valence-electron chi connectivity index (χ4n) is 2.68. The van der Waals surface area contributed by atoms with Gasteiger partial charge in [-0.3, -0.25) is 9.59 Å². The third-order valence-electron chi connectivity index (χ3n) is 3.86. The van der Waals surface area contributed by atoms with Crippen LogP contribution in [0.2, 0.25) is 0 Å². The Morgan fingerprint density at radius 2 is 2.04 bits per heavy atom. The lowest BCUT2D eigenvalue weighted by atomic mass is 10.3. The molecule has 1 aromatic heterocycles. The number of para-hydroxylation sites is 2. The summed E-state index contributed by atoms with van der Waals surface area (Å²) in [5.41, 5.74) is 2.21. The summed E-state index contributed by atoms with van der Waals surface area (Å²) >= 11 is 1.27. The first-order valence-corrected chi connectivity index (χ1v) is 9.84. The molecule has 0 aliphatic rings. The van der Waals surface area contributed by atoms with Gasteiger partial charge in [0.15, 0.2) is 11.8 Å². The summed E-state index contributed by atoms with van der Waals surface area (Å²) in [4.78, 5) is 28.4. The molecule has 0 saturated heterocycles. The molecule has 0 aliphatic carbocycles. The number of nitrogens with zero attached hydrogens (tertiary/aromatic N) is 2. The third-order valence-corrected chi connectivity index (χ3v) is 4.81. The molecule has 6 nitrogen and oxygen atoms in total. The van der Waals surface area contributed by atoms with Crippen molar-refractivity contribution in [1.82, 2.24) is 9.55 Å². The molecule has 0 spiro atoms. The Hall–Kier alpha value is -2.87. The Morgan fingerprint density at radius 3 is 2.82 bits per heavy atom. The predicted octanol–water partition coefficient (Wildman–Crippen LogP) is 3.86. The smallest absolute Gasteiger partial charge is 0.316 e. The first-order chi connectivity index (χ1) is 13.6. The summed E-state index contributed by atoms with van der Waals surface area (Å²) in [7, 11) is 0. The second-order valence-electron chi connectivity index (χ2n) is 6.04. The number of carbonyl (C=O) groups excluding carboxylic acids is 2. The number of carbonyl (C=O) groups is 2. The van der Waals surface area contributed by atoms with Crippen LogP contribution in [-0.4, -0.2) is 33.8 Å². The van der Waals surface area contributed by atoms with Crippen LogP contribution in [0.5, 0.6) is 0 Å². The van der Waals surface area contributed by atoms with E-state index in [4.69, 9.17) is 4.74 Å². The minimum absolute atomic E-state index is 0.0419. The highest BCUT2D eigenvalue weighted by Gasteiger charge is 2.14. The fourth-order valence-corrected chi connectivity index (χ4v) is 3.52. The van der Waals surface area contributed by atoms with Crippen molar-refractivity contribution in [3.05, 3.63) is 54.3 Å². The molecular formula is C20H20FN3O3S. The van der Waals surface area contributed by atoms with E-state index < -0.39 is 24.3 Å². The van der Waals surface area contributed by atoms with Crippen LogP contribution in [0.25, 0.3) is 11.0 Å². The number of esters is 1. The molecule has 1 amide bonds. The van der Waals surface area contributed by atoms with E-state index in [-0.39, 0.29) is 5.75 Å². The van der Waals surface area contributed by atoms with Gasteiger partial charge in [0.25, 0.3) is 5.91 Å². The van der Waals surface area contributed by atoms with Crippen LogP contribution in [0.15, 0.2) is 53.7 Å². The largest absolute Gasteiger partial charge is 0.455 e. The van der Waals surface area contributed by atoms with E-state index in [9.17, 15) is 14.0 Å². The van der Waals surface area contributed by atoms with E-state index >= 15 is 0 Å². The number of aryl methyl sites for hydroxylation is 1. The van der Waals surface area contributed by atoms with Crippen molar-refractivity contribution in [3.8, 4) is 0 Å². The first kappa shape index (κ1) is 19.9. The average Bonchev–Trinajstić information content (AvgIpc) is 3.03. The van der Waals surface area contributed by atoms with E-state index in [1.807, 2.05) is 24.3 Å². The van der Waals surface area contributed by atoms with Crippen molar-refractivity contribution < 1.29 is 18.7 Å². The summed E-state index contributed by atoms with van der Waals surface area (Å²) in [6.07, 6.45) is 0.943. The van der Waals surface area contributed by atoms with E-state index in [1.54, 1.807) is 6.07 Å². The van der Waals surface area contributed by atoms with Crippen LogP contribution in [0.1, 0.15) is 13.3 Å². The first-order valence-electron chi connectivity index (χ1n) is 8.86. The van der Waals surface area contributed by atoms with Crippen molar-refractivity contribution in [1.29, 1.82) is 0 Å². The molecule has 0 bridgehead atoms. The molecule has 2 aromatic carbocycles. The summed E-state index contributed by atoms with van der Waals surface area (Å²) in [5.74, 6) is -1.46. The van der Waals surface area contributed by atoms with Gasteiger partial charge >= 0.3 is 5.97 Å². The van der Waals surface area contributed by atoms with Crippen LogP contribution in [0, 0.1) is 5.82 Å². The molecule has 0 fully saturated rings.